The number of carbonyl (C=O) groups is 1. The van der Waals surface area contributed by atoms with Crippen LogP contribution in [0.25, 0.3) is 11.6 Å². The molecule has 0 saturated carbocycles. The number of phenols is 1. The van der Waals surface area contributed by atoms with E-state index < -0.39 is 5.97 Å². The van der Waals surface area contributed by atoms with Crippen molar-refractivity contribution in [2.75, 3.05) is 0 Å². The monoisotopic (exact) mass is 254 g/mol. The van der Waals surface area contributed by atoms with Gasteiger partial charge >= 0.3 is 5.97 Å². The van der Waals surface area contributed by atoms with E-state index in [1.165, 1.54) is 0 Å². The number of aromatic carboxylic acids is 1. The van der Waals surface area contributed by atoms with E-state index in [1.54, 1.807) is 36.4 Å². The van der Waals surface area contributed by atoms with E-state index in [0.717, 1.165) is 16.7 Å². The fourth-order valence-corrected chi connectivity index (χ4v) is 1.78. The topological polar surface area (TPSA) is 57.5 Å². The fraction of sp³-hybridized carbons (Fsp3) is 0.0625. The Hall–Kier alpha value is -2.55. The lowest BCUT2D eigenvalue weighted by Gasteiger charge is -2.03. The first-order valence-electron chi connectivity index (χ1n) is 5.87. The van der Waals surface area contributed by atoms with Gasteiger partial charge in [0, 0.05) is 0 Å². The van der Waals surface area contributed by atoms with Crippen LogP contribution in [0, 0.1) is 0 Å². The number of carboxylic acid groups (broad SMARTS) is 1. The summed E-state index contributed by atoms with van der Waals surface area (Å²) in [6, 6.07) is 13.7. The normalized spacial score (nSPS) is 11.3. The van der Waals surface area contributed by atoms with Crippen LogP contribution < -0.4 is 0 Å². The maximum absolute atomic E-state index is 10.8. The molecule has 0 bridgehead atoms. The molecule has 2 N–H and O–H groups in total. The summed E-state index contributed by atoms with van der Waals surface area (Å²) in [7, 11) is 0. The Balaban J connectivity index is 2.25. The second kappa shape index (κ2) is 5.40. The molecule has 2 aromatic rings. The molecule has 0 fully saturated rings. The van der Waals surface area contributed by atoms with Crippen LogP contribution in [0.1, 0.15) is 28.4 Å². The summed E-state index contributed by atoms with van der Waals surface area (Å²) >= 11 is 0. The van der Waals surface area contributed by atoms with Gasteiger partial charge in [-0.2, -0.15) is 0 Å². The van der Waals surface area contributed by atoms with E-state index in [4.69, 9.17) is 5.11 Å². The molecule has 2 aromatic carbocycles. The summed E-state index contributed by atoms with van der Waals surface area (Å²) in [5.41, 5.74) is 3.26. The Labute approximate surface area is 111 Å². The summed E-state index contributed by atoms with van der Waals surface area (Å²) in [6.07, 6.45) is 1.98. The van der Waals surface area contributed by atoms with E-state index in [1.807, 2.05) is 25.1 Å². The zero-order chi connectivity index (χ0) is 13.8. The first kappa shape index (κ1) is 12.9. The standard InChI is InChI=1S/C16H14O3/c1-11(10-12-2-8-15(17)9-3-12)13-4-6-14(7-5-13)16(18)19/h2-10,17H,1H3,(H,18,19)/b11-10+. The molecule has 0 aliphatic heterocycles. The van der Waals surface area contributed by atoms with Crippen LogP contribution in [0.3, 0.4) is 0 Å². The first-order valence-corrected chi connectivity index (χ1v) is 5.87. The smallest absolute Gasteiger partial charge is 0.335 e. The lowest BCUT2D eigenvalue weighted by atomic mass is 10.0. The number of hydrogen-bond donors (Lipinski definition) is 2. The van der Waals surface area contributed by atoms with Crippen molar-refractivity contribution < 1.29 is 15.0 Å². The van der Waals surface area contributed by atoms with Crippen molar-refractivity contribution in [1.29, 1.82) is 0 Å². The number of carboxylic acids is 1. The van der Waals surface area contributed by atoms with Gasteiger partial charge in [-0.25, -0.2) is 4.79 Å². The van der Waals surface area contributed by atoms with Gasteiger partial charge in [0.1, 0.15) is 5.75 Å². The maximum Gasteiger partial charge on any atom is 0.335 e. The molecule has 0 heterocycles. The molecule has 0 amide bonds. The van der Waals surface area contributed by atoms with E-state index in [-0.39, 0.29) is 11.3 Å². The van der Waals surface area contributed by atoms with Crippen LogP contribution in [-0.4, -0.2) is 16.2 Å². The summed E-state index contributed by atoms with van der Waals surface area (Å²) in [5.74, 6) is -0.688. The molecule has 0 atom stereocenters. The predicted molar refractivity (Wildman–Crippen MR) is 75.1 cm³/mol. The van der Waals surface area contributed by atoms with Crippen LogP contribution in [0.5, 0.6) is 5.75 Å². The van der Waals surface area contributed by atoms with Crippen molar-refractivity contribution in [3.05, 3.63) is 65.2 Å². The highest BCUT2D eigenvalue weighted by Gasteiger charge is 2.02. The minimum absolute atomic E-state index is 0.237. The van der Waals surface area contributed by atoms with Crippen molar-refractivity contribution in [1.82, 2.24) is 0 Å². The zero-order valence-electron chi connectivity index (χ0n) is 10.5. The Morgan fingerprint density at radius 2 is 1.47 bits per heavy atom. The average molecular weight is 254 g/mol. The predicted octanol–water partition coefficient (Wildman–Crippen LogP) is 3.65. The molecule has 0 saturated heterocycles. The third-order valence-electron chi connectivity index (χ3n) is 2.86. The van der Waals surface area contributed by atoms with Crippen LogP contribution in [0.15, 0.2) is 48.5 Å². The largest absolute Gasteiger partial charge is 0.508 e. The SMILES string of the molecule is C/C(=C\c1ccc(O)cc1)c1ccc(C(=O)O)cc1. The first-order chi connectivity index (χ1) is 9.06. The van der Waals surface area contributed by atoms with E-state index >= 15 is 0 Å². The number of benzene rings is 2. The molecular formula is C16H14O3. The number of rotatable bonds is 3. The van der Waals surface area contributed by atoms with E-state index in [0.29, 0.717) is 0 Å². The van der Waals surface area contributed by atoms with Gasteiger partial charge in [0.2, 0.25) is 0 Å². The third kappa shape index (κ3) is 3.22. The zero-order valence-corrected chi connectivity index (χ0v) is 10.5. The van der Waals surface area contributed by atoms with Crippen LogP contribution >= 0.6 is 0 Å². The molecule has 0 aliphatic rings. The maximum atomic E-state index is 10.8. The molecule has 0 aliphatic carbocycles. The highest BCUT2D eigenvalue weighted by atomic mass is 16.4. The third-order valence-corrected chi connectivity index (χ3v) is 2.86. The van der Waals surface area contributed by atoms with Gasteiger partial charge < -0.3 is 10.2 Å². The lowest BCUT2D eigenvalue weighted by Crippen LogP contribution is -1.95. The quantitative estimate of drug-likeness (QED) is 0.822. The van der Waals surface area contributed by atoms with Crippen molar-refractivity contribution >= 4 is 17.6 Å². The van der Waals surface area contributed by atoms with Gasteiger partial charge in [-0.15, -0.1) is 0 Å². The molecule has 0 aromatic heterocycles. The van der Waals surface area contributed by atoms with Crippen molar-refractivity contribution in [3.63, 3.8) is 0 Å². The molecule has 19 heavy (non-hydrogen) atoms. The molecule has 0 spiro atoms. The minimum atomic E-state index is -0.924. The van der Waals surface area contributed by atoms with Gasteiger partial charge in [0.25, 0.3) is 0 Å². The highest BCUT2D eigenvalue weighted by Crippen LogP contribution is 2.19. The molecule has 96 valence electrons. The lowest BCUT2D eigenvalue weighted by molar-refractivity contribution is 0.0697. The summed E-state index contributed by atoms with van der Waals surface area (Å²) in [4.78, 5) is 10.8. The Bertz CT molecular complexity index is 607. The van der Waals surface area contributed by atoms with E-state index in [9.17, 15) is 9.90 Å². The number of aromatic hydroxyl groups is 1. The van der Waals surface area contributed by atoms with Gasteiger partial charge in [-0.1, -0.05) is 30.3 Å². The summed E-state index contributed by atoms with van der Waals surface area (Å²) < 4.78 is 0. The summed E-state index contributed by atoms with van der Waals surface area (Å²) in [5, 5.41) is 18.1. The molecule has 3 heteroatoms. The number of allylic oxidation sites excluding steroid dienone is 1. The highest BCUT2D eigenvalue weighted by molar-refractivity contribution is 5.88. The average Bonchev–Trinajstić information content (AvgIpc) is 2.41. The van der Waals surface area contributed by atoms with Crippen molar-refractivity contribution in [2.24, 2.45) is 0 Å². The number of phenolic OH excluding ortho intramolecular Hbond substituents is 1. The van der Waals surface area contributed by atoms with Gasteiger partial charge in [-0.05, 0) is 47.9 Å². The van der Waals surface area contributed by atoms with Gasteiger partial charge in [0.05, 0.1) is 5.56 Å². The van der Waals surface area contributed by atoms with Crippen molar-refractivity contribution in [3.8, 4) is 5.75 Å². The van der Waals surface area contributed by atoms with E-state index in [2.05, 4.69) is 0 Å². The Morgan fingerprint density at radius 3 is 2.00 bits per heavy atom. The van der Waals surface area contributed by atoms with Gasteiger partial charge in [0.15, 0.2) is 0 Å². The molecule has 0 unspecified atom stereocenters. The minimum Gasteiger partial charge on any atom is -0.508 e. The van der Waals surface area contributed by atoms with Crippen LogP contribution in [-0.2, 0) is 0 Å². The van der Waals surface area contributed by atoms with Crippen LogP contribution in [0.2, 0.25) is 0 Å². The Kier molecular flexibility index (Phi) is 3.66. The second-order valence-electron chi connectivity index (χ2n) is 4.30. The van der Waals surface area contributed by atoms with Gasteiger partial charge in [-0.3, -0.25) is 0 Å². The summed E-state index contributed by atoms with van der Waals surface area (Å²) in [6.45, 7) is 1.96. The molecule has 2 rings (SSSR count). The molecule has 3 nitrogen and oxygen atoms in total. The molecule has 0 radical (unpaired) electrons. The Morgan fingerprint density at radius 1 is 0.947 bits per heavy atom. The second-order valence-corrected chi connectivity index (χ2v) is 4.30. The van der Waals surface area contributed by atoms with Crippen molar-refractivity contribution in [2.45, 2.75) is 6.92 Å². The number of hydrogen-bond acceptors (Lipinski definition) is 2. The van der Waals surface area contributed by atoms with Crippen LogP contribution in [0.4, 0.5) is 0 Å². The fourth-order valence-electron chi connectivity index (χ4n) is 1.78. The molecular weight excluding hydrogens is 240 g/mol.